The minimum Gasteiger partial charge on any atom is -0.198 e. The van der Waals surface area contributed by atoms with Crippen LogP contribution in [0.3, 0.4) is 0 Å². The van der Waals surface area contributed by atoms with E-state index in [1.54, 1.807) is 12.1 Å². The number of rotatable bonds is 3. The zero-order chi connectivity index (χ0) is 12.2. The maximum atomic E-state index is 12.3. The van der Waals surface area contributed by atoms with Gasteiger partial charge in [-0.2, -0.15) is 18.4 Å². The fourth-order valence-electron chi connectivity index (χ4n) is 1.02. The summed E-state index contributed by atoms with van der Waals surface area (Å²) in [7, 11) is 0. The van der Waals surface area contributed by atoms with E-state index in [-0.39, 0.29) is 5.75 Å². The molecule has 1 rings (SSSR count). The number of thioether (sulfide) groups is 1. The molecule has 0 N–H and O–H groups in total. The van der Waals surface area contributed by atoms with Crippen LogP contribution in [0.25, 0.3) is 0 Å². The first-order chi connectivity index (χ1) is 7.43. The Labute approximate surface area is 96.3 Å². The molecule has 0 saturated carbocycles. The third-order valence-electron chi connectivity index (χ3n) is 1.99. The van der Waals surface area contributed by atoms with Crippen molar-refractivity contribution in [1.29, 1.82) is 5.26 Å². The van der Waals surface area contributed by atoms with Crippen molar-refractivity contribution in [1.82, 2.24) is 0 Å². The quantitative estimate of drug-likeness (QED) is 0.756. The van der Waals surface area contributed by atoms with E-state index in [9.17, 15) is 13.2 Å². The lowest BCUT2D eigenvalue weighted by Crippen LogP contribution is -2.23. The first kappa shape index (κ1) is 12.9. The predicted octanol–water partition coefficient (Wildman–Crippen LogP) is 3.79. The molecular formula is C11H10F3NS. The Bertz CT molecular complexity index is 378. The molecule has 0 aliphatic rings. The molecule has 16 heavy (non-hydrogen) atoms. The Morgan fingerprint density at radius 2 is 1.88 bits per heavy atom. The summed E-state index contributed by atoms with van der Waals surface area (Å²) in [4.78, 5) is 0.745. The highest BCUT2D eigenvalue weighted by Gasteiger charge is 2.39. The third kappa shape index (κ3) is 3.78. The summed E-state index contributed by atoms with van der Waals surface area (Å²) >= 11 is 1.05. The van der Waals surface area contributed by atoms with Gasteiger partial charge in [-0.15, -0.1) is 11.8 Å². The first-order valence-electron chi connectivity index (χ1n) is 4.59. The highest BCUT2D eigenvalue weighted by atomic mass is 32.2. The third-order valence-corrected chi connectivity index (χ3v) is 3.09. The number of hydrogen-bond donors (Lipinski definition) is 0. The van der Waals surface area contributed by atoms with Gasteiger partial charge in [0.15, 0.2) is 5.92 Å². The fraction of sp³-hybridized carbons (Fsp3) is 0.364. The number of nitriles is 1. The number of benzene rings is 1. The van der Waals surface area contributed by atoms with Gasteiger partial charge in [0.1, 0.15) is 0 Å². The van der Waals surface area contributed by atoms with Crippen molar-refractivity contribution < 1.29 is 13.2 Å². The van der Waals surface area contributed by atoms with Crippen LogP contribution in [0, 0.1) is 24.2 Å². The lowest BCUT2D eigenvalue weighted by atomic mass is 10.2. The zero-order valence-corrected chi connectivity index (χ0v) is 9.40. The van der Waals surface area contributed by atoms with Gasteiger partial charge in [0, 0.05) is 10.6 Å². The SMILES string of the molecule is Cc1ccc(SCC(C#N)C(F)(F)F)cc1. The van der Waals surface area contributed by atoms with Crippen molar-refractivity contribution >= 4 is 11.8 Å². The zero-order valence-electron chi connectivity index (χ0n) is 8.58. The maximum Gasteiger partial charge on any atom is 0.405 e. The molecule has 0 aliphatic carbocycles. The molecule has 1 unspecified atom stereocenters. The van der Waals surface area contributed by atoms with Gasteiger partial charge in [-0.3, -0.25) is 0 Å². The van der Waals surface area contributed by atoms with Crippen LogP contribution in [0.1, 0.15) is 5.56 Å². The van der Waals surface area contributed by atoms with E-state index in [0.717, 1.165) is 22.2 Å². The van der Waals surface area contributed by atoms with Gasteiger partial charge in [-0.05, 0) is 19.1 Å². The van der Waals surface area contributed by atoms with Crippen LogP contribution in [0.5, 0.6) is 0 Å². The number of halogens is 3. The number of hydrogen-bond acceptors (Lipinski definition) is 2. The Balaban J connectivity index is 2.57. The summed E-state index contributed by atoms with van der Waals surface area (Å²) in [5.41, 5.74) is 1.05. The average Bonchev–Trinajstić information content (AvgIpc) is 2.19. The smallest absolute Gasteiger partial charge is 0.198 e. The fourth-order valence-corrected chi connectivity index (χ4v) is 1.97. The lowest BCUT2D eigenvalue weighted by Gasteiger charge is -2.12. The largest absolute Gasteiger partial charge is 0.405 e. The van der Waals surface area contributed by atoms with Crippen molar-refractivity contribution in [2.24, 2.45) is 5.92 Å². The van der Waals surface area contributed by atoms with E-state index in [2.05, 4.69) is 0 Å². The molecule has 1 aromatic carbocycles. The summed E-state index contributed by atoms with van der Waals surface area (Å²) in [5.74, 6) is -2.16. The monoisotopic (exact) mass is 245 g/mol. The molecule has 1 atom stereocenters. The lowest BCUT2D eigenvalue weighted by molar-refractivity contribution is -0.152. The Morgan fingerprint density at radius 1 is 1.31 bits per heavy atom. The van der Waals surface area contributed by atoms with Crippen LogP contribution in [0.15, 0.2) is 29.2 Å². The number of aryl methyl sites for hydroxylation is 1. The molecule has 0 spiro atoms. The summed E-state index contributed by atoms with van der Waals surface area (Å²) in [5, 5.41) is 8.40. The second kappa shape index (κ2) is 5.26. The molecule has 1 nitrogen and oxygen atoms in total. The molecule has 86 valence electrons. The minimum atomic E-state index is -4.44. The Morgan fingerprint density at radius 3 is 2.31 bits per heavy atom. The molecule has 0 saturated heterocycles. The molecule has 0 bridgehead atoms. The van der Waals surface area contributed by atoms with Gasteiger partial charge in [-0.25, -0.2) is 0 Å². The number of nitrogens with zero attached hydrogens (tertiary/aromatic N) is 1. The molecule has 0 fully saturated rings. The molecule has 0 aromatic heterocycles. The number of alkyl halides is 3. The standard InChI is InChI=1S/C11H10F3NS/c1-8-2-4-10(5-3-8)16-7-9(6-15)11(12,13)14/h2-5,9H,7H2,1H3. The molecular weight excluding hydrogens is 235 g/mol. The first-order valence-corrected chi connectivity index (χ1v) is 5.58. The average molecular weight is 245 g/mol. The topological polar surface area (TPSA) is 23.8 Å². The highest BCUT2D eigenvalue weighted by molar-refractivity contribution is 7.99. The molecule has 0 radical (unpaired) electrons. The molecule has 5 heteroatoms. The van der Waals surface area contributed by atoms with E-state index >= 15 is 0 Å². The van der Waals surface area contributed by atoms with Crippen molar-refractivity contribution in [2.75, 3.05) is 5.75 Å². The summed E-state index contributed by atoms with van der Waals surface area (Å²) in [6.07, 6.45) is -4.44. The predicted molar refractivity (Wildman–Crippen MR) is 57.1 cm³/mol. The van der Waals surface area contributed by atoms with E-state index in [1.165, 1.54) is 6.07 Å². The van der Waals surface area contributed by atoms with Gasteiger partial charge in [0.2, 0.25) is 0 Å². The van der Waals surface area contributed by atoms with Crippen molar-refractivity contribution in [3.8, 4) is 6.07 Å². The second-order valence-corrected chi connectivity index (χ2v) is 4.44. The van der Waals surface area contributed by atoms with E-state index < -0.39 is 12.1 Å². The summed E-state index contributed by atoms with van der Waals surface area (Å²) in [6, 6.07) is 8.45. The normalized spacial score (nSPS) is 13.2. The van der Waals surface area contributed by atoms with Gasteiger partial charge >= 0.3 is 6.18 Å². The molecule has 0 heterocycles. The van der Waals surface area contributed by atoms with Gasteiger partial charge in [0.05, 0.1) is 6.07 Å². The van der Waals surface area contributed by atoms with Gasteiger partial charge < -0.3 is 0 Å². The van der Waals surface area contributed by atoms with Crippen LogP contribution in [0.4, 0.5) is 13.2 Å². The highest BCUT2D eigenvalue weighted by Crippen LogP contribution is 2.31. The van der Waals surface area contributed by atoms with E-state index in [1.807, 2.05) is 19.1 Å². The second-order valence-electron chi connectivity index (χ2n) is 3.35. The van der Waals surface area contributed by atoms with Crippen LogP contribution in [-0.2, 0) is 0 Å². The van der Waals surface area contributed by atoms with Crippen LogP contribution < -0.4 is 0 Å². The molecule has 0 amide bonds. The van der Waals surface area contributed by atoms with Crippen molar-refractivity contribution in [3.05, 3.63) is 29.8 Å². The van der Waals surface area contributed by atoms with Crippen LogP contribution in [-0.4, -0.2) is 11.9 Å². The van der Waals surface area contributed by atoms with Gasteiger partial charge in [-0.1, -0.05) is 17.7 Å². The summed E-state index contributed by atoms with van der Waals surface area (Å²) in [6.45, 7) is 1.91. The van der Waals surface area contributed by atoms with Crippen LogP contribution in [0.2, 0.25) is 0 Å². The maximum absolute atomic E-state index is 12.3. The van der Waals surface area contributed by atoms with Gasteiger partial charge in [0.25, 0.3) is 0 Å². The van der Waals surface area contributed by atoms with Crippen molar-refractivity contribution in [3.63, 3.8) is 0 Å². The molecule has 1 aromatic rings. The van der Waals surface area contributed by atoms with Crippen LogP contribution >= 0.6 is 11.8 Å². The Hall–Kier alpha value is -1.15. The molecule has 0 aliphatic heterocycles. The van der Waals surface area contributed by atoms with E-state index in [0.29, 0.717) is 0 Å². The van der Waals surface area contributed by atoms with Crippen molar-refractivity contribution in [2.45, 2.75) is 18.0 Å². The Kier molecular flexibility index (Phi) is 4.25. The minimum absolute atomic E-state index is 0.261. The summed E-state index contributed by atoms with van der Waals surface area (Å²) < 4.78 is 36.8. The van der Waals surface area contributed by atoms with E-state index in [4.69, 9.17) is 5.26 Å².